The maximum Gasteiger partial charge on any atom is 0.411 e. The summed E-state index contributed by atoms with van der Waals surface area (Å²) in [6, 6.07) is 1.30. The molecule has 2 amide bonds. The topological polar surface area (TPSA) is 94.6 Å². The van der Waals surface area contributed by atoms with Crippen molar-refractivity contribution in [3.63, 3.8) is 0 Å². The standard InChI is InChI=1S/C7H8N2O4/c1-12-7(11)9-4-2-5(6(8)10)13-3-4/h2-3H,1H3,(H2,8,10)(H,9,11). The van der Waals surface area contributed by atoms with E-state index in [0.717, 1.165) is 0 Å². The molecule has 1 aromatic heterocycles. The summed E-state index contributed by atoms with van der Waals surface area (Å²) < 4.78 is 9.04. The largest absolute Gasteiger partial charge is 0.457 e. The highest BCUT2D eigenvalue weighted by Gasteiger charge is 2.08. The summed E-state index contributed by atoms with van der Waals surface area (Å²) in [5.41, 5.74) is 5.23. The van der Waals surface area contributed by atoms with Crippen LogP contribution in [0.5, 0.6) is 0 Å². The van der Waals surface area contributed by atoms with Crippen LogP contribution in [0.2, 0.25) is 0 Å². The second-order valence-corrected chi connectivity index (χ2v) is 2.18. The Labute approximate surface area is 73.6 Å². The number of nitrogens with two attached hydrogens (primary N) is 1. The van der Waals surface area contributed by atoms with Gasteiger partial charge in [0.2, 0.25) is 0 Å². The number of furan rings is 1. The summed E-state index contributed by atoms with van der Waals surface area (Å²) in [6.07, 6.45) is 0.550. The fourth-order valence-corrected chi connectivity index (χ4v) is 0.700. The lowest BCUT2D eigenvalue weighted by molar-refractivity contribution is 0.0974. The number of hydrogen-bond donors (Lipinski definition) is 2. The highest BCUT2D eigenvalue weighted by atomic mass is 16.5. The van der Waals surface area contributed by atoms with Crippen LogP contribution < -0.4 is 11.1 Å². The van der Waals surface area contributed by atoms with Gasteiger partial charge in [-0.25, -0.2) is 4.79 Å². The fraction of sp³-hybridized carbons (Fsp3) is 0.143. The van der Waals surface area contributed by atoms with Crippen LogP contribution in [0.25, 0.3) is 0 Å². The number of methoxy groups -OCH3 is 1. The molecule has 0 radical (unpaired) electrons. The van der Waals surface area contributed by atoms with Crippen LogP contribution in [0.1, 0.15) is 10.6 Å². The van der Waals surface area contributed by atoms with E-state index in [0.29, 0.717) is 5.69 Å². The zero-order valence-electron chi connectivity index (χ0n) is 6.87. The molecule has 0 spiro atoms. The monoisotopic (exact) mass is 184 g/mol. The van der Waals surface area contributed by atoms with Crippen LogP contribution in [-0.2, 0) is 4.74 Å². The molecule has 0 atom stereocenters. The lowest BCUT2D eigenvalue weighted by Gasteiger charge is -1.97. The van der Waals surface area contributed by atoms with Gasteiger partial charge in [0.15, 0.2) is 5.76 Å². The molecule has 0 saturated carbocycles. The summed E-state index contributed by atoms with van der Waals surface area (Å²) in [4.78, 5) is 21.2. The van der Waals surface area contributed by atoms with Crippen LogP contribution in [0.4, 0.5) is 10.5 Å². The van der Waals surface area contributed by atoms with E-state index in [2.05, 4.69) is 10.1 Å². The molecule has 0 aliphatic carbocycles. The normalized spacial score (nSPS) is 9.31. The van der Waals surface area contributed by atoms with E-state index in [1.165, 1.54) is 19.4 Å². The zero-order chi connectivity index (χ0) is 9.84. The lowest BCUT2D eigenvalue weighted by atomic mass is 10.4. The van der Waals surface area contributed by atoms with Gasteiger partial charge >= 0.3 is 6.09 Å². The minimum atomic E-state index is -0.696. The Morgan fingerprint density at radius 2 is 2.31 bits per heavy atom. The van der Waals surface area contributed by atoms with Gasteiger partial charge in [-0.05, 0) is 0 Å². The van der Waals surface area contributed by atoms with E-state index in [1.807, 2.05) is 0 Å². The predicted molar refractivity (Wildman–Crippen MR) is 43.3 cm³/mol. The third-order valence-corrected chi connectivity index (χ3v) is 1.27. The summed E-state index contributed by atoms with van der Waals surface area (Å²) in [7, 11) is 1.23. The number of carbonyl (C=O) groups is 2. The first-order valence-electron chi connectivity index (χ1n) is 3.37. The molecule has 1 heterocycles. The van der Waals surface area contributed by atoms with E-state index in [-0.39, 0.29) is 5.76 Å². The third kappa shape index (κ3) is 2.22. The van der Waals surface area contributed by atoms with Gasteiger partial charge in [0.25, 0.3) is 5.91 Å². The molecule has 6 heteroatoms. The van der Waals surface area contributed by atoms with Crippen LogP contribution in [0.15, 0.2) is 16.7 Å². The SMILES string of the molecule is COC(=O)Nc1coc(C(N)=O)c1. The number of carbonyl (C=O) groups excluding carboxylic acids is 2. The first kappa shape index (κ1) is 9.11. The predicted octanol–water partition coefficient (Wildman–Crippen LogP) is 0.557. The van der Waals surface area contributed by atoms with E-state index in [9.17, 15) is 9.59 Å². The second-order valence-electron chi connectivity index (χ2n) is 2.18. The van der Waals surface area contributed by atoms with Crippen LogP contribution in [0, 0.1) is 0 Å². The Morgan fingerprint density at radius 3 is 2.77 bits per heavy atom. The van der Waals surface area contributed by atoms with Crippen LogP contribution in [-0.4, -0.2) is 19.1 Å². The average Bonchev–Trinajstić information content (AvgIpc) is 2.52. The molecule has 0 aliphatic heterocycles. The van der Waals surface area contributed by atoms with Crippen LogP contribution in [0.3, 0.4) is 0 Å². The molecule has 0 aromatic carbocycles. The zero-order valence-corrected chi connectivity index (χ0v) is 6.87. The lowest BCUT2D eigenvalue weighted by Crippen LogP contribution is -2.11. The van der Waals surface area contributed by atoms with E-state index in [4.69, 9.17) is 10.2 Å². The summed E-state index contributed by atoms with van der Waals surface area (Å²) in [5, 5.41) is 2.30. The molecule has 13 heavy (non-hydrogen) atoms. The van der Waals surface area contributed by atoms with Crippen molar-refractivity contribution < 1.29 is 18.7 Å². The van der Waals surface area contributed by atoms with E-state index >= 15 is 0 Å². The van der Waals surface area contributed by atoms with Gasteiger partial charge in [-0.1, -0.05) is 0 Å². The van der Waals surface area contributed by atoms with Gasteiger partial charge in [0, 0.05) is 6.07 Å². The van der Waals surface area contributed by atoms with Crippen molar-refractivity contribution in [2.45, 2.75) is 0 Å². The molecule has 0 fully saturated rings. The summed E-state index contributed by atoms with van der Waals surface area (Å²) in [6.45, 7) is 0. The number of rotatable bonds is 2. The molecule has 1 aromatic rings. The molecule has 0 aliphatic rings. The molecule has 1 rings (SSSR count). The van der Waals surface area contributed by atoms with Crippen molar-refractivity contribution in [3.05, 3.63) is 18.1 Å². The first-order chi connectivity index (χ1) is 6.13. The highest BCUT2D eigenvalue weighted by molar-refractivity contribution is 5.92. The fourth-order valence-electron chi connectivity index (χ4n) is 0.700. The number of anilines is 1. The number of nitrogens with one attached hydrogen (secondary N) is 1. The van der Waals surface area contributed by atoms with Crippen molar-refractivity contribution in [2.24, 2.45) is 5.73 Å². The van der Waals surface area contributed by atoms with Crippen molar-refractivity contribution in [1.29, 1.82) is 0 Å². The molecule has 70 valence electrons. The minimum Gasteiger partial charge on any atom is -0.457 e. The molecule has 0 unspecified atom stereocenters. The molecule has 3 N–H and O–H groups in total. The average molecular weight is 184 g/mol. The maximum absolute atomic E-state index is 10.7. The van der Waals surface area contributed by atoms with Crippen molar-refractivity contribution in [1.82, 2.24) is 0 Å². The Morgan fingerprint density at radius 1 is 1.62 bits per heavy atom. The molecular formula is C7H8N2O4. The highest BCUT2D eigenvalue weighted by Crippen LogP contribution is 2.12. The molecule has 0 bridgehead atoms. The smallest absolute Gasteiger partial charge is 0.411 e. The first-order valence-corrected chi connectivity index (χ1v) is 3.37. The Balaban J connectivity index is 2.69. The van der Waals surface area contributed by atoms with Crippen LogP contribution >= 0.6 is 0 Å². The Kier molecular flexibility index (Phi) is 2.53. The Bertz CT molecular complexity index is 331. The van der Waals surface area contributed by atoms with Gasteiger partial charge in [-0.15, -0.1) is 0 Å². The molecular weight excluding hydrogens is 176 g/mol. The van der Waals surface area contributed by atoms with Crippen molar-refractivity contribution in [3.8, 4) is 0 Å². The number of ether oxygens (including phenoxy) is 1. The second kappa shape index (κ2) is 3.61. The third-order valence-electron chi connectivity index (χ3n) is 1.27. The quantitative estimate of drug-likeness (QED) is 0.701. The van der Waals surface area contributed by atoms with Gasteiger partial charge in [-0.2, -0.15) is 0 Å². The van der Waals surface area contributed by atoms with Crippen molar-refractivity contribution >= 4 is 17.7 Å². The van der Waals surface area contributed by atoms with Gasteiger partial charge in [0.1, 0.15) is 6.26 Å². The van der Waals surface area contributed by atoms with E-state index in [1.54, 1.807) is 0 Å². The number of primary amides is 1. The van der Waals surface area contributed by atoms with Crippen molar-refractivity contribution in [2.75, 3.05) is 12.4 Å². The summed E-state index contributed by atoms with van der Waals surface area (Å²) >= 11 is 0. The maximum atomic E-state index is 10.7. The van der Waals surface area contributed by atoms with Gasteiger partial charge in [-0.3, -0.25) is 10.1 Å². The van der Waals surface area contributed by atoms with Gasteiger partial charge < -0.3 is 14.9 Å². The molecule has 6 nitrogen and oxygen atoms in total. The van der Waals surface area contributed by atoms with E-state index < -0.39 is 12.0 Å². The number of amides is 2. The molecule has 0 saturated heterocycles. The van der Waals surface area contributed by atoms with Gasteiger partial charge in [0.05, 0.1) is 12.8 Å². The number of hydrogen-bond acceptors (Lipinski definition) is 4. The Hall–Kier alpha value is -1.98. The minimum absolute atomic E-state index is 0.0218. The summed E-state index contributed by atoms with van der Waals surface area (Å²) in [5.74, 6) is -0.718.